The van der Waals surface area contributed by atoms with Crippen molar-refractivity contribution in [2.24, 2.45) is 0 Å². The van der Waals surface area contributed by atoms with Gasteiger partial charge in [-0.25, -0.2) is 4.79 Å². The summed E-state index contributed by atoms with van der Waals surface area (Å²) in [5.74, 6) is 0. The van der Waals surface area contributed by atoms with Crippen LogP contribution in [0.15, 0.2) is 21.9 Å². The van der Waals surface area contributed by atoms with Crippen LogP contribution in [0.4, 0.5) is 0 Å². The Balaban J connectivity index is 0.000000606. The largest absolute Gasteiger partial charge is 0.391 e. The Bertz CT molecular complexity index is 437. The molecule has 0 aromatic carbocycles. The van der Waals surface area contributed by atoms with Crippen LogP contribution in [0.1, 0.15) is 26.5 Å². The predicted octanol–water partition coefficient (Wildman–Crippen LogP) is -0.157. The topological polar surface area (TPSA) is 84.3 Å². The van der Waals surface area contributed by atoms with E-state index in [0.29, 0.717) is 6.42 Å². The summed E-state index contributed by atoms with van der Waals surface area (Å²) >= 11 is 0. The van der Waals surface area contributed by atoms with E-state index in [0.717, 1.165) is 0 Å². The highest BCUT2D eigenvalue weighted by atomic mass is 16.5. The normalized spacial score (nSPS) is 23.7. The van der Waals surface area contributed by atoms with E-state index in [-0.39, 0.29) is 6.61 Å². The van der Waals surface area contributed by atoms with Gasteiger partial charge in [0.25, 0.3) is 5.56 Å². The SMILES string of the molecule is CC.O=c1ccn(C2CC(O)CO2)c(=O)[nH]1. The number of H-pyrrole nitrogens is 1. The molecule has 6 nitrogen and oxygen atoms in total. The predicted molar refractivity (Wildman–Crippen MR) is 58.3 cm³/mol. The number of nitrogens with zero attached hydrogens (tertiary/aromatic N) is 1. The van der Waals surface area contributed by atoms with Gasteiger partial charge >= 0.3 is 5.69 Å². The molecular weight excluding hydrogens is 212 g/mol. The monoisotopic (exact) mass is 228 g/mol. The third kappa shape index (κ3) is 2.80. The molecule has 1 aliphatic rings. The fraction of sp³-hybridized carbons (Fsp3) is 0.600. The number of aliphatic hydroxyl groups excluding tert-OH is 1. The Labute approximate surface area is 92.5 Å². The number of aromatic amines is 1. The summed E-state index contributed by atoms with van der Waals surface area (Å²) in [6.45, 7) is 4.22. The third-order valence-corrected chi connectivity index (χ3v) is 2.12. The van der Waals surface area contributed by atoms with Crippen LogP contribution in [-0.2, 0) is 4.74 Å². The molecule has 0 saturated carbocycles. The van der Waals surface area contributed by atoms with E-state index in [9.17, 15) is 14.7 Å². The van der Waals surface area contributed by atoms with Crippen molar-refractivity contribution in [3.8, 4) is 0 Å². The molecule has 16 heavy (non-hydrogen) atoms. The Kier molecular flexibility index (Phi) is 4.45. The summed E-state index contributed by atoms with van der Waals surface area (Å²) in [6.07, 6.45) is 0.712. The molecule has 1 fully saturated rings. The summed E-state index contributed by atoms with van der Waals surface area (Å²) in [5.41, 5.74) is -0.957. The minimum absolute atomic E-state index is 0.218. The average molecular weight is 228 g/mol. The molecule has 1 aliphatic heterocycles. The first-order chi connectivity index (χ1) is 7.66. The van der Waals surface area contributed by atoms with E-state index in [4.69, 9.17) is 4.74 Å². The van der Waals surface area contributed by atoms with Crippen LogP contribution < -0.4 is 11.2 Å². The van der Waals surface area contributed by atoms with Crippen molar-refractivity contribution in [2.75, 3.05) is 6.61 Å². The van der Waals surface area contributed by atoms with Gasteiger partial charge in [-0.1, -0.05) is 13.8 Å². The molecule has 1 saturated heterocycles. The lowest BCUT2D eigenvalue weighted by molar-refractivity contribution is 0.0447. The summed E-state index contributed by atoms with van der Waals surface area (Å²) in [7, 11) is 0. The molecule has 2 rings (SSSR count). The first-order valence-corrected chi connectivity index (χ1v) is 5.28. The fourth-order valence-electron chi connectivity index (χ4n) is 1.44. The average Bonchev–Trinajstić information content (AvgIpc) is 2.68. The molecule has 0 bridgehead atoms. The molecular formula is C10H16N2O4. The Morgan fingerprint density at radius 3 is 2.69 bits per heavy atom. The van der Waals surface area contributed by atoms with E-state index < -0.39 is 23.6 Å². The molecule has 2 unspecified atom stereocenters. The molecule has 1 aromatic heterocycles. The van der Waals surface area contributed by atoms with E-state index in [1.54, 1.807) is 0 Å². The Morgan fingerprint density at radius 2 is 2.19 bits per heavy atom. The molecule has 6 heteroatoms. The van der Waals surface area contributed by atoms with Gasteiger partial charge in [0.05, 0.1) is 12.7 Å². The van der Waals surface area contributed by atoms with Gasteiger partial charge in [-0.3, -0.25) is 14.3 Å². The first-order valence-electron chi connectivity index (χ1n) is 5.28. The molecule has 0 aliphatic carbocycles. The lowest BCUT2D eigenvalue weighted by Crippen LogP contribution is -2.31. The third-order valence-electron chi connectivity index (χ3n) is 2.12. The Hall–Kier alpha value is -1.40. The maximum atomic E-state index is 11.3. The summed E-state index contributed by atoms with van der Waals surface area (Å²) in [5, 5.41) is 9.19. The number of hydrogen-bond acceptors (Lipinski definition) is 4. The summed E-state index contributed by atoms with van der Waals surface area (Å²) in [6, 6.07) is 1.25. The quantitative estimate of drug-likeness (QED) is 0.699. The van der Waals surface area contributed by atoms with Crippen LogP contribution in [0, 0.1) is 0 Å². The van der Waals surface area contributed by atoms with Crippen LogP contribution in [0.25, 0.3) is 0 Å². The van der Waals surface area contributed by atoms with Crippen molar-refractivity contribution >= 4 is 0 Å². The van der Waals surface area contributed by atoms with E-state index in [1.165, 1.54) is 16.8 Å². The van der Waals surface area contributed by atoms with Crippen molar-refractivity contribution in [1.82, 2.24) is 9.55 Å². The van der Waals surface area contributed by atoms with Crippen molar-refractivity contribution in [3.63, 3.8) is 0 Å². The minimum atomic E-state index is -0.543. The van der Waals surface area contributed by atoms with Crippen molar-refractivity contribution in [1.29, 1.82) is 0 Å². The number of ether oxygens (including phenoxy) is 1. The molecule has 2 N–H and O–H groups in total. The number of aliphatic hydroxyl groups is 1. The van der Waals surface area contributed by atoms with Crippen molar-refractivity contribution < 1.29 is 9.84 Å². The smallest absolute Gasteiger partial charge is 0.330 e. The van der Waals surface area contributed by atoms with Crippen molar-refractivity contribution in [2.45, 2.75) is 32.6 Å². The lowest BCUT2D eigenvalue weighted by Gasteiger charge is -2.11. The zero-order chi connectivity index (χ0) is 12.1. The fourth-order valence-corrected chi connectivity index (χ4v) is 1.44. The Morgan fingerprint density at radius 1 is 1.50 bits per heavy atom. The van der Waals surface area contributed by atoms with Gasteiger partial charge < -0.3 is 9.84 Å². The van der Waals surface area contributed by atoms with Crippen LogP contribution >= 0.6 is 0 Å². The standard InChI is InChI=1S/C8H10N2O4.C2H6/c11-5-3-7(14-4-5)10-2-1-6(12)9-8(10)13;1-2/h1-2,5,7,11H,3-4H2,(H,9,12,13);1-2H3. The van der Waals surface area contributed by atoms with Gasteiger partial charge in [0.2, 0.25) is 0 Å². The molecule has 1 aromatic rings. The van der Waals surface area contributed by atoms with Crippen LogP contribution in [-0.4, -0.2) is 27.4 Å². The highest BCUT2D eigenvalue weighted by molar-refractivity contribution is 4.85. The number of aromatic nitrogens is 2. The highest BCUT2D eigenvalue weighted by Crippen LogP contribution is 2.20. The van der Waals surface area contributed by atoms with Gasteiger partial charge in [-0.05, 0) is 0 Å². The minimum Gasteiger partial charge on any atom is -0.391 e. The van der Waals surface area contributed by atoms with Gasteiger partial charge in [-0.2, -0.15) is 0 Å². The van der Waals surface area contributed by atoms with E-state index in [2.05, 4.69) is 4.98 Å². The summed E-state index contributed by atoms with van der Waals surface area (Å²) < 4.78 is 6.42. The van der Waals surface area contributed by atoms with E-state index >= 15 is 0 Å². The van der Waals surface area contributed by atoms with E-state index in [1.807, 2.05) is 13.8 Å². The molecule has 90 valence electrons. The number of hydrogen-bond donors (Lipinski definition) is 2. The first kappa shape index (κ1) is 12.7. The number of nitrogens with one attached hydrogen (secondary N) is 1. The van der Waals surface area contributed by atoms with Crippen molar-refractivity contribution in [3.05, 3.63) is 33.1 Å². The van der Waals surface area contributed by atoms with Gasteiger partial charge in [0.1, 0.15) is 6.23 Å². The lowest BCUT2D eigenvalue weighted by atomic mass is 10.3. The highest BCUT2D eigenvalue weighted by Gasteiger charge is 2.25. The van der Waals surface area contributed by atoms with Crippen LogP contribution in [0.3, 0.4) is 0 Å². The molecule has 0 spiro atoms. The maximum absolute atomic E-state index is 11.3. The van der Waals surface area contributed by atoms with Gasteiger partial charge in [-0.15, -0.1) is 0 Å². The molecule has 0 radical (unpaired) electrons. The number of rotatable bonds is 1. The van der Waals surface area contributed by atoms with Gasteiger partial charge in [0.15, 0.2) is 0 Å². The van der Waals surface area contributed by atoms with Gasteiger partial charge in [0, 0.05) is 18.7 Å². The second kappa shape index (κ2) is 5.62. The molecule has 0 amide bonds. The molecule has 2 heterocycles. The van der Waals surface area contributed by atoms with Crippen LogP contribution in [0.2, 0.25) is 0 Å². The zero-order valence-electron chi connectivity index (χ0n) is 9.34. The summed E-state index contributed by atoms with van der Waals surface area (Å²) in [4.78, 5) is 24.2. The second-order valence-corrected chi connectivity index (χ2v) is 3.19. The molecule has 2 atom stereocenters. The zero-order valence-corrected chi connectivity index (χ0v) is 9.34. The second-order valence-electron chi connectivity index (χ2n) is 3.19. The maximum Gasteiger partial charge on any atom is 0.330 e. The van der Waals surface area contributed by atoms with Crippen LogP contribution in [0.5, 0.6) is 0 Å².